The molecule has 0 fully saturated rings. The van der Waals surface area contributed by atoms with Gasteiger partial charge < -0.3 is 5.11 Å². The molecular weight excluding hydrogens is 258 g/mol. The monoisotopic (exact) mass is 273 g/mol. The molecule has 0 radical (unpaired) electrons. The molecule has 100 valence electrons. The van der Waals surface area contributed by atoms with Crippen LogP contribution in [-0.2, 0) is 19.2 Å². The van der Waals surface area contributed by atoms with Gasteiger partial charge >= 0.3 is 16.1 Å². The van der Waals surface area contributed by atoms with Gasteiger partial charge in [-0.05, 0) is 26.0 Å². The molecule has 1 atom stereocenters. The fourth-order valence-corrected chi connectivity index (χ4v) is 2.12. The van der Waals surface area contributed by atoms with E-state index in [0.717, 1.165) is 10.6 Å². The number of hydrogen-bond acceptors (Lipinski definition) is 5. The van der Waals surface area contributed by atoms with E-state index in [-0.39, 0.29) is 4.90 Å². The van der Waals surface area contributed by atoms with Crippen molar-refractivity contribution in [1.82, 2.24) is 5.06 Å². The molecule has 0 aliphatic carbocycles. The van der Waals surface area contributed by atoms with Crippen LogP contribution >= 0.6 is 0 Å². The van der Waals surface area contributed by atoms with Crippen LogP contribution in [0.5, 0.6) is 0 Å². The molecule has 7 heteroatoms. The number of carbonyl (C=O) groups is 1. The molecule has 6 nitrogen and oxygen atoms in total. The first-order valence-corrected chi connectivity index (χ1v) is 6.62. The van der Waals surface area contributed by atoms with Crippen LogP contribution in [0, 0.1) is 6.92 Å². The van der Waals surface area contributed by atoms with Crippen LogP contribution < -0.4 is 0 Å². The summed E-state index contributed by atoms with van der Waals surface area (Å²) < 4.78 is 28.4. The number of carboxylic acid groups (broad SMARTS) is 1. The Kier molecular flexibility index (Phi) is 4.44. The molecule has 1 rings (SSSR count). The Bertz CT molecular complexity index is 523. The van der Waals surface area contributed by atoms with Crippen molar-refractivity contribution in [3.8, 4) is 0 Å². The molecule has 1 aromatic rings. The number of hydroxylamine groups is 2. The minimum absolute atomic E-state index is 0.0162. The van der Waals surface area contributed by atoms with Crippen LogP contribution in [0.4, 0.5) is 0 Å². The zero-order valence-corrected chi connectivity index (χ0v) is 11.1. The van der Waals surface area contributed by atoms with Crippen LogP contribution in [0.1, 0.15) is 12.5 Å². The molecule has 0 aliphatic rings. The molecule has 18 heavy (non-hydrogen) atoms. The topological polar surface area (TPSA) is 83.9 Å². The summed E-state index contributed by atoms with van der Waals surface area (Å²) in [6.45, 7) is 3.16. The average Bonchev–Trinajstić information content (AvgIpc) is 2.27. The minimum Gasteiger partial charge on any atom is -0.480 e. The van der Waals surface area contributed by atoms with Crippen molar-refractivity contribution in [1.29, 1.82) is 0 Å². The van der Waals surface area contributed by atoms with Gasteiger partial charge in [-0.3, -0.25) is 4.79 Å². The molecule has 0 bridgehead atoms. The summed E-state index contributed by atoms with van der Waals surface area (Å²) in [4.78, 5) is 10.7. The minimum atomic E-state index is -3.99. The number of aliphatic carboxylic acids is 1. The van der Waals surface area contributed by atoms with Gasteiger partial charge in [0.25, 0.3) is 0 Å². The summed E-state index contributed by atoms with van der Waals surface area (Å²) in [7, 11) is -2.74. The Labute approximate surface area is 106 Å². The van der Waals surface area contributed by atoms with Gasteiger partial charge in [-0.15, -0.1) is 0 Å². The fraction of sp³-hybridized carbons (Fsp3) is 0.364. The van der Waals surface area contributed by atoms with Gasteiger partial charge in [0.15, 0.2) is 0 Å². The predicted octanol–water partition coefficient (Wildman–Crippen LogP) is 1.02. The summed E-state index contributed by atoms with van der Waals surface area (Å²) in [5.74, 6) is -1.17. The first-order chi connectivity index (χ1) is 8.24. The van der Waals surface area contributed by atoms with Crippen LogP contribution in [-0.4, -0.2) is 37.6 Å². The Balaban J connectivity index is 2.89. The first-order valence-electron chi connectivity index (χ1n) is 5.21. The number of nitrogens with zero attached hydrogens (tertiary/aromatic N) is 1. The molecule has 0 aliphatic heterocycles. The lowest BCUT2D eigenvalue weighted by atomic mass is 10.2. The molecule has 0 unspecified atom stereocenters. The lowest BCUT2D eigenvalue weighted by Gasteiger charge is -2.19. The largest absolute Gasteiger partial charge is 0.480 e. The number of carboxylic acids is 1. The Morgan fingerprint density at radius 2 is 1.83 bits per heavy atom. The highest BCUT2D eigenvalue weighted by Gasteiger charge is 2.24. The second-order valence-electron chi connectivity index (χ2n) is 3.90. The highest BCUT2D eigenvalue weighted by molar-refractivity contribution is 7.86. The summed E-state index contributed by atoms with van der Waals surface area (Å²) in [5.41, 5.74) is 0.918. The van der Waals surface area contributed by atoms with E-state index in [2.05, 4.69) is 0 Å². The summed E-state index contributed by atoms with van der Waals surface area (Å²) in [5, 5.41) is 9.53. The average molecular weight is 273 g/mol. The molecule has 0 amide bonds. The van der Waals surface area contributed by atoms with Gasteiger partial charge in [0.1, 0.15) is 6.04 Å². The van der Waals surface area contributed by atoms with Crippen molar-refractivity contribution in [3.63, 3.8) is 0 Å². The van der Waals surface area contributed by atoms with E-state index < -0.39 is 22.1 Å². The lowest BCUT2D eigenvalue weighted by molar-refractivity contribution is -0.153. The zero-order valence-electron chi connectivity index (χ0n) is 10.3. The third-order valence-electron chi connectivity index (χ3n) is 2.43. The molecule has 1 N–H and O–H groups in total. The van der Waals surface area contributed by atoms with Gasteiger partial charge in [0.05, 0.1) is 4.90 Å². The highest BCUT2D eigenvalue weighted by atomic mass is 32.2. The Hall–Kier alpha value is -1.44. The predicted molar refractivity (Wildman–Crippen MR) is 64.3 cm³/mol. The maximum Gasteiger partial charge on any atom is 0.323 e. The van der Waals surface area contributed by atoms with E-state index in [1.54, 1.807) is 12.1 Å². The van der Waals surface area contributed by atoms with Crippen molar-refractivity contribution in [3.05, 3.63) is 29.8 Å². The maximum absolute atomic E-state index is 11.8. The highest BCUT2D eigenvalue weighted by Crippen LogP contribution is 2.15. The summed E-state index contributed by atoms with van der Waals surface area (Å²) >= 11 is 0. The number of benzene rings is 1. The fourth-order valence-electron chi connectivity index (χ4n) is 1.12. The van der Waals surface area contributed by atoms with E-state index in [0.29, 0.717) is 0 Å². The van der Waals surface area contributed by atoms with E-state index in [1.807, 2.05) is 6.92 Å². The normalized spacial score (nSPS) is 13.6. The number of likely N-dealkylation sites (N-methyl/N-ethyl adjacent to an activating group) is 1. The summed E-state index contributed by atoms with van der Waals surface area (Å²) in [6.07, 6.45) is 0. The van der Waals surface area contributed by atoms with Crippen molar-refractivity contribution in [2.24, 2.45) is 0 Å². The third kappa shape index (κ3) is 3.52. The molecular formula is C11H15NO5S. The lowest BCUT2D eigenvalue weighted by Crippen LogP contribution is -2.37. The smallest absolute Gasteiger partial charge is 0.323 e. The van der Waals surface area contributed by atoms with Crippen molar-refractivity contribution in [2.75, 3.05) is 7.05 Å². The Morgan fingerprint density at radius 1 is 1.33 bits per heavy atom. The van der Waals surface area contributed by atoms with Crippen LogP contribution in [0.25, 0.3) is 0 Å². The van der Waals surface area contributed by atoms with E-state index >= 15 is 0 Å². The van der Waals surface area contributed by atoms with Gasteiger partial charge in [0, 0.05) is 7.05 Å². The quantitative estimate of drug-likeness (QED) is 0.806. The van der Waals surface area contributed by atoms with Crippen LogP contribution in [0.15, 0.2) is 29.2 Å². The van der Waals surface area contributed by atoms with Crippen molar-refractivity contribution >= 4 is 16.1 Å². The second kappa shape index (κ2) is 5.47. The van der Waals surface area contributed by atoms with E-state index in [1.165, 1.54) is 26.1 Å². The van der Waals surface area contributed by atoms with Gasteiger partial charge in [-0.2, -0.15) is 17.8 Å². The van der Waals surface area contributed by atoms with Crippen LogP contribution in [0.3, 0.4) is 0 Å². The molecule has 0 saturated heterocycles. The van der Waals surface area contributed by atoms with Gasteiger partial charge in [-0.25, -0.2) is 0 Å². The van der Waals surface area contributed by atoms with Crippen molar-refractivity contribution < 1.29 is 22.6 Å². The molecule has 0 spiro atoms. The number of rotatable bonds is 5. The van der Waals surface area contributed by atoms with E-state index in [4.69, 9.17) is 9.39 Å². The van der Waals surface area contributed by atoms with Gasteiger partial charge in [-0.1, -0.05) is 17.7 Å². The molecule has 0 heterocycles. The second-order valence-corrected chi connectivity index (χ2v) is 5.43. The SMILES string of the molecule is Cc1ccc(S(=O)(=O)ON(C)[C@@H](C)C(=O)O)cc1. The molecule has 1 aromatic carbocycles. The molecule has 0 aromatic heterocycles. The van der Waals surface area contributed by atoms with E-state index in [9.17, 15) is 13.2 Å². The van der Waals surface area contributed by atoms with Crippen LogP contribution in [0.2, 0.25) is 0 Å². The Morgan fingerprint density at radius 3 is 2.28 bits per heavy atom. The standard InChI is InChI=1S/C11H15NO5S/c1-8-4-6-10(7-5-8)18(15,16)17-12(3)9(2)11(13)14/h4-7,9H,1-3H3,(H,13,14)/t9-/m0/s1. The zero-order chi connectivity index (χ0) is 13.9. The third-order valence-corrected chi connectivity index (χ3v) is 3.71. The maximum atomic E-state index is 11.8. The number of hydrogen-bond donors (Lipinski definition) is 1. The first kappa shape index (κ1) is 14.6. The molecule has 0 saturated carbocycles. The number of aryl methyl sites for hydroxylation is 1. The van der Waals surface area contributed by atoms with Crippen molar-refractivity contribution in [2.45, 2.75) is 24.8 Å². The van der Waals surface area contributed by atoms with Gasteiger partial charge in [0.2, 0.25) is 0 Å². The summed E-state index contributed by atoms with van der Waals surface area (Å²) in [6, 6.07) is 5.02.